The number of carbonyl (C=O) groups excluding carboxylic acids is 2. The number of hydrogen-bond acceptors (Lipinski definition) is 5. The Morgan fingerprint density at radius 3 is 1.93 bits per heavy atom. The Balaban J connectivity index is 3.18. The summed E-state index contributed by atoms with van der Waals surface area (Å²) in [6.07, 6.45) is 0. The molecule has 2 amide bonds. The lowest BCUT2D eigenvalue weighted by Gasteiger charge is -2.14. The third-order valence-corrected chi connectivity index (χ3v) is 1.91. The quantitative estimate of drug-likeness (QED) is 0.667. The molecule has 0 aliphatic heterocycles. The lowest BCUT2D eigenvalue weighted by Crippen LogP contribution is -2.35. The molecule has 1 heterocycles. The lowest BCUT2D eigenvalue weighted by atomic mass is 10.4. The zero-order chi connectivity index (χ0) is 11.6. The first-order chi connectivity index (χ1) is 6.93. The van der Waals surface area contributed by atoms with Gasteiger partial charge in [0.25, 0.3) is 5.95 Å². The molecule has 0 spiro atoms. The molecule has 0 saturated carbocycles. The van der Waals surface area contributed by atoms with Gasteiger partial charge in [0, 0.05) is 13.8 Å². The van der Waals surface area contributed by atoms with Crippen LogP contribution in [0.3, 0.4) is 0 Å². The summed E-state index contributed by atoms with van der Waals surface area (Å²) >= 11 is 0. The average molecular weight is 208 g/mol. The maximum absolute atomic E-state index is 11.2. The maximum atomic E-state index is 11.2. The van der Waals surface area contributed by atoms with Crippen LogP contribution in [0.1, 0.15) is 25.2 Å². The van der Waals surface area contributed by atoms with E-state index in [1.807, 2.05) is 0 Å². The highest BCUT2D eigenvalue weighted by atomic mass is 16.2. The van der Waals surface area contributed by atoms with Crippen molar-refractivity contribution in [3.63, 3.8) is 0 Å². The summed E-state index contributed by atoms with van der Waals surface area (Å²) in [5, 5.41) is 7.51. The summed E-state index contributed by atoms with van der Waals surface area (Å²) in [6, 6.07) is 0. The van der Waals surface area contributed by atoms with Crippen LogP contribution in [0.25, 0.3) is 0 Å². The van der Waals surface area contributed by atoms with E-state index < -0.39 is 11.8 Å². The SMILES string of the molecule is CC(=O)N(C(C)=O)c1nnc(C)c(C)n1. The van der Waals surface area contributed by atoms with Gasteiger partial charge in [-0.2, -0.15) is 5.10 Å². The van der Waals surface area contributed by atoms with E-state index in [4.69, 9.17) is 0 Å². The molecule has 1 rings (SSSR count). The second-order valence-electron chi connectivity index (χ2n) is 3.16. The summed E-state index contributed by atoms with van der Waals surface area (Å²) in [7, 11) is 0. The van der Waals surface area contributed by atoms with Gasteiger partial charge in [-0.3, -0.25) is 9.59 Å². The molecule has 80 valence electrons. The molecular weight excluding hydrogens is 196 g/mol. The van der Waals surface area contributed by atoms with Crippen LogP contribution in [0, 0.1) is 13.8 Å². The fourth-order valence-corrected chi connectivity index (χ4v) is 1.04. The Morgan fingerprint density at radius 1 is 1.00 bits per heavy atom. The molecule has 0 N–H and O–H groups in total. The first-order valence-corrected chi connectivity index (χ1v) is 4.42. The average Bonchev–Trinajstić information content (AvgIpc) is 2.10. The van der Waals surface area contributed by atoms with Crippen LogP contribution in [-0.4, -0.2) is 27.0 Å². The minimum Gasteiger partial charge on any atom is -0.274 e. The van der Waals surface area contributed by atoms with E-state index in [-0.39, 0.29) is 5.95 Å². The van der Waals surface area contributed by atoms with Crippen molar-refractivity contribution in [2.45, 2.75) is 27.7 Å². The van der Waals surface area contributed by atoms with Gasteiger partial charge < -0.3 is 0 Å². The molecule has 0 atom stereocenters. The number of nitrogens with zero attached hydrogens (tertiary/aromatic N) is 4. The minimum atomic E-state index is -0.424. The molecule has 0 fully saturated rings. The molecule has 1 aromatic rings. The normalized spacial score (nSPS) is 9.87. The molecule has 6 heteroatoms. The van der Waals surface area contributed by atoms with Gasteiger partial charge in [-0.15, -0.1) is 5.10 Å². The van der Waals surface area contributed by atoms with E-state index in [0.29, 0.717) is 11.4 Å². The fraction of sp³-hybridized carbons (Fsp3) is 0.444. The number of rotatable bonds is 1. The summed E-state index contributed by atoms with van der Waals surface area (Å²) in [4.78, 5) is 27.3. The Kier molecular flexibility index (Phi) is 3.08. The fourth-order valence-electron chi connectivity index (χ4n) is 1.04. The van der Waals surface area contributed by atoms with Crippen molar-refractivity contribution in [3.8, 4) is 0 Å². The standard InChI is InChI=1S/C9H12N4O2/c1-5-6(2)11-12-9(10-5)13(7(3)14)8(4)15/h1-4H3. The second kappa shape index (κ2) is 4.12. The topological polar surface area (TPSA) is 76.1 Å². The predicted molar refractivity (Wildman–Crippen MR) is 53.1 cm³/mol. The van der Waals surface area contributed by atoms with E-state index >= 15 is 0 Å². The highest BCUT2D eigenvalue weighted by molar-refractivity contribution is 6.11. The van der Waals surface area contributed by atoms with E-state index in [0.717, 1.165) is 4.90 Å². The van der Waals surface area contributed by atoms with Crippen molar-refractivity contribution in [1.29, 1.82) is 0 Å². The van der Waals surface area contributed by atoms with Crippen molar-refractivity contribution < 1.29 is 9.59 Å². The van der Waals surface area contributed by atoms with Gasteiger partial charge in [0.05, 0.1) is 11.4 Å². The maximum Gasteiger partial charge on any atom is 0.259 e. The monoisotopic (exact) mass is 208 g/mol. The molecule has 0 radical (unpaired) electrons. The number of hydrogen-bond donors (Lipinski definition) is 0. The summed E-state index contributed by atoms with van der Waals surface area (Å²) in [5.41, 5.74) is 1.32. The number of imide groups is 1. The van der Waals surface area contributed by atoms with E-state index in [1.165, 1.54) is 13.8 Å². The molecule has 15 heavy (non-hydrogen) atoms. The Hall–Kier alpha value is -1.85. The van der Waals surface area contributed by atoms with Gasteiger partial charge in [-0.1, -0.05) is 0 Å². The van der Waals surface area contributed by atoms with Crippen molar-refractivity contribution >= 4 is 17.8 Å². The third kappa shape index (κ3) is 2.34. The number of aromatic nitrogens is 3. The Bertz CT molecular complexity index is 403. The molecule has 6 nitrogen and oxygen atoms in total. The molecule has 0 bridgehead atoms. The van der Waals surface area contributed by atoms with E-state index in [2.05, 4.69) is 15.2 Å². The van der Waals surface area contributed by atoms with Gasteiger partial charge in [0.1, 0.15) is 0 Å². The largest absolute Gasteiger partial charge is 0.274 e. The van der Waals surface area contributed by atoms with Gasteiger partial charge in [-0.05, 0) is 13.8 Å². The van der Waals surface area contributed by atoms with Gasteiger partial charge in [0.15, 0.2) is 0 Å². The van der Waals surface area contributed by atoms with Gasteiger partial charge in [-0.25, -0.2) is 9.88 Å². The second-order valence-corrected chi connectivity index (χ2v) is 3.16. The predicted octanol–water partition coefficient (Wildman–Crippen LogP) is 0.388. The summed E-state index contributed by atoms with van der Waals surface area (Å²) in [5.74, 6) is -0.821. The van der Waals surface area contributed by atoms with Gasteiger partial charge in [0.2, 0.25) is 11.8 Å². The molecule has 0 aliphatic rings. The summed E-state index contributed by atoms with van der Waals surface area (Å²) in [6.45, 7) is 6.05. The smallest absolute Gasteiger partial charge is 0.259 e. The Morgan fingerprint density at radius 2 is 1.53 bits per heavy atom. The highest BCUT2D eigenvalue weighted by Gasteiger charge is 2.19. The first kappa shape index (κ1) is 11.2. The number of carbonyl (C=O) groups is 2. The van der Waals surface area contributed by atoms with Crippen LogP contribution >= 0.6 is 0 Å². The van der Waals surface area contributed by atoms with Crippen LogP contribution in [0.15, 0.2) is 0 Å². The van der Waals surface area contributed by atoms with Crippen LogP contribution in [0.2, 0.25) is 0 Å². The zero-order valence-electron chi connectivity index (χ0n) is 9.11. The van der Waals surface area contributed by atoms with Crippen LogP contribution in [-0.2, 0) is 9.59 Å². The molecule has 0 saturated heterocycles. The molecular formula is C9H12N4O2. The minimum absolute atomic E-state index is 0.0260. The Labute approximate surface area is 87.3 Å². The van der Waals surface area contributed by atoms with Crippen LogP contribution in [0.4, 0.5) is 5.95 Å². The molecule has 0 aromatic carbocycles. The van der Waals surface area contributed by atoms with Crippen LogP contribution < -0.4 is 4.90 Å². The third-order valence-electron chi connectivity index (χ3n) is 1.91. The van der Waals surface area contributed by atoms with Crippen molar-refractivity contribution in [2.75, 3.05) is 4.90 Å². The van der Waals surface area contributed by atoms with Gasteiger partial charge >= 0.3 is 0 Å². The first-order valence-electron chi connectivity index (χ1n) is 4.42. The van der Waals surface area contributed by atoms with Crippen LogP contribution in [0.5, 0.6) is 0 Å². The highest BCUT2D eigenvalue weighted by Crippen LogP contribution is 2.08. The lowest BCUT2D eigenvalue weighted by molar-refractivity contribution is -0.124. The zero-order valence-corrected chi connectivity index (χ0v) is 9.11. The molecule has 1 aromatic heterocycles. The van der Waals surface area contributed by atoms with E-state index in [1.54, 1.807) is 13.8 Å². The number of anilines is 1. The number of amides is 2. The van der Waals surface area contributed by atoms with E-state index in [9.17, 15) is 9.59 Å². The van der Waals surface area contributed by atoms with Crippen molar-refractivity contribution in [3.05, 3.63) is 11.4 Å². The van der Waals surface area contributed by atoms with Crippen molar-refractivity contribution in [2.24, 2.45) is 0 Å². The molecule has 0 unspecified atom stereocenters. The molecule has 0 aliphatic carbocycles. The number of aryl methyl sites for hydroxylation is 2. The van der Waals surface area contributed by atoms with Crippen molar-refractivity contribution in [1.82, 2.24) is 15.2 Å². The summed E-state index contributed by atoms with van der Waals surface area (Å²) < 4.78 is 0.